The summed E-state index contributed by atoms with van der Waals surface area (Å²) >= 11 is 0. The van der Waals surface area contributed by atoms with Crippen LogP contribution in [0.2, 0.25) is 0 Å². The molecule has 2 aromatic heterocycles. The van der Waals surface area contributed by atoms with Crippen LogP contribution in [0.4, 0.5) is 0 Å². The van der Waals surface area contributed by atoms with Gasteiger partial charge in [-0.15, -0.1) is 5.10 Å². The second kappa shape index (κ2) is 7.37. The molecular weight excluding hydrogens is 234 g/mol. The second-order valence-electron chi connectivity index (χ2n) is 2.94. The zero-order valence-electron chi connectivity index (χ0n) is 11.6. The maximum Gasteiger partial charge on any atom is 0.423 e. The van der Waals surface area contributed by atoms with E-state index in [0.29, 0.717) is 5.69 Å². The van der Waals surface area contributed by atoms with Crippen LogP contribution in [0, 0.1) is 6.92 Å². The Hall–Kier alpha value is -1.98. The molecule has 0 saturated carbocycles. The van der Waals surface area contributed by atoms with Gasteiger partial charge in [-0.2, -0.15) is 5.10 Å². The summed E-state index contributed by atoms with van der Waals surface area (Å²) in [5.41, 5.74) is 0.154. The van der Waals surface area contributed by atoms with Crippen LogP contribution in [0.25, 0.3) is 11.1 Å². The van der Waals surface area contributed by atoms with Crippen molar-refractivity contribution in [3.8, 4) is 0 Å². The van der Waals surface area contributed by atoms with E-state index >= 15 is 0 Å². The van der Waals surface area contributed by atoms with Gasteiger partial charge in [-0.1, -0.05) is 27.7 Å². The van der Waals surface area contributed by atoms with Crippen molar-refractivity contribution in [2.45, 2.75) is 34.6 Å². The number of aryl methyl sites for hydroxylation is 1. The van der Waals surface area contributed by atoms with Crippen LogP contribution in [0.3, 0.4) is 0 Å². The molecule has 0 radical (unpaired) electrons. The molecule has 100 valence electrons. The van der Waals surface area contributed by atoms with Crippen molar-refractivity contribution in [1.82, 2.24) is 14.8 Å². The first-order chi connectivity index (χ1) is 8.59. The van der Waals surface area contributed by atoms with Gasteiger partial charge in [0.25, 0.3) is 11.3 Å². The van der Waals surface area contributed by atoms with Gasteiger partial charge in [-0.3, -0.25) is 4.79 Å². The number of hydrogen-bond donors (Lipinski definition) is 0. The largest absolute Gasteiger partial charge is 0.423 e. The average molecular weight is 253 g/mol. The van der Waals surface area contributed by atoms with Crippen molar-refractivity contribution >= 4 is 11.1 Å². The van der Waals surface area contributed by atoms with E-state index < -0.39 is 11.3 Å². The van der Waals surface area contributed by atoms with Crippen LogP contribution in [-0.4, -0.2) is 14.8 Å². The minimum absolute atomic E-state index is 0.0244. The fraction of sp³-hybridized carbons (Fsp3) is 0.500. The lowest BCUT2D eigenvalue weighted by molar-refractivity contribution is 0.473. The molecule has 2 aromatic rings. The van der Waals surface area contributed by atoms with Gasteiger partial charge in [0.05, 0.1) is 5.69 Å². The highest BCUT2D eigenvalue weighted by Gasteiger charge is 2.07. The minimum Gasteiger partial charge on any atom is -0.388 e. The molecule has 0 aliphatic carbocycles. The molecule has 0 bridgehead atoms. The third-order valence-corrected chi connectivity index (χ3v) is 1.88. The fourth-order valence-electron chi connectivity index (χ4n) is 1.12. The van der Waals surface area contributed by atoms with E-state index in [4.69, 9.17) is 4.42 Å². The van der Waals surface area contributed by atoms with E-state index in [9.17, 15) is 9.59 Å². The Morgan fingerprint density at radius 1 is 1.11 bits per heavy atom. The quantitative estimate of drug-likeness (QED) is 0.713. The summed E-state index contributed by atoms with van der Waals surface area (Å²) in [6.07, 6.45) is 0. The van der Waals surface area contributed by atoms with Gasteiger partial charge >= 0.3 is 5.76 Å². The SMILES string of the molecule is CC.CC.Cc1cc2c(=O)n(C)c(=O)oc2nn1. The summed E-state index contributed by atoms with van der Waals surface area (Å²) in [5.74, 6) is -0.736. The van der Waals surface area contributed by atoms with E-state index in [1.54, 1.807) is 6.92 Å². The molecular formula is C12H19N3O3. The molecule has 0 unspecified atom stereocenters. The minimum atomic E-state index is -0.736. The summed E-state index contributed by atoms with van der Waals surface area (Å²) in [7, 11) is 1.35. The Balaban J connectivity index is 0.000000659. The Labute approximate surface area is 105 Å². The van der Waals surface area contributed by atoms with Crippen molar-refractivity contribution in [1.29, 1.82) is 0 Å². The summed E-state index contributed by atoms with van der Waals surface area (Å²) in [5, 5.41) is 7.57. The molecule has 2 rings (SSSR count). The van der Waals surface area contributed by atoms with Crippen molar-refractivity contribution in [2.75, 3.05) is 0 Å². The van der Waals surface area contributed by atoms with Gasteiger partial charge < -0.3 is 4.42 Å². The molecule has 0 amide bonds. The summed E-state index contributed by atoms with van der Waals surface area (Å²) in [4.78, 5) is 22.6. The highest BCUT2D eigenvalue weighted by Crippen LogP contribution is 2.02. The van der Waals surface area contributed by atoms with Crippen molar-refractivity contribution in [3.63, 3.8) is 0 Å². The number of rotatable bonds is 0. The number of nitrogens with zero attached hydrogens (tertiary/aromatic N) is 3. The average Bonchev–Trinajstić information content (AvgIpc) is 2.42. The molecule has 6 heteroatoms. The topological polar surface area (TPSA) is 78.0 Å². The Morgan fingerprint density at radius 3 is 2.22 bits per heavy atom. The lowest BCUT2D eigenvalue weighted by Gasteiger charge is -1.97. The summed E-state index contributed by atoms with van der Waals surface area (Å²) in [6, 6.07) is 1.54. The smallest absolute Gasteiger partial charge is 0.388 e. The van der Waals surface area contributed by atoms with Gasteiger partial charge in [-0.05, 0) is 13.0 Å². The van der Waals surface area contributed by atoms with Gasteiger partial charge in [-0.25, -0.2) is 9.36 Å². The monoisotopic (exact) mass is 253 g/mol. The zero-order valence-corrected chi connectivity index (χ0v) is 11.6. The third-order valence-electron chi connectivity index (χ3n) is 1.88. The highest BCUT2D eigenvalue weighted by molar-refractivity contribution is 5.70. The van der Waals surface area contributed by atoms with Crippen molar-refractivity contribution < 1.29 is 4.42 Å². The van der Waals surface area contributed by atoms with Gasteiger partial charge in [0, 0.05) is 7.05 Å². The molecule has 0 saturated heterocycles. The first-order valence-electron chi connectivity index (χ1n) is 5.94. The first kappa shape index (κ1) is 16.0. The predicted molar refractivity (Wildman–Crippen MR) is 70.7 cm³/mol. The first-order valence-corrected chi connectivity index (χ1v) is 5.94. The standard InChI is InChI=1S/C8H7N3O3.2C2H6/c1-4-3-5-6(10-9-4)14-8(13)11(2)7(5)12;2*1-2/h3H,1-2H3;2*1-2H3. The van der Waals surface area contributed by atoms with Crippen LogP contribution in [-0.2, 0) is 7.05 Å². The van der Waals surface area contributed by atoms with E-state index in [2.05, 4.69) is 10.2 Å². The fourth-order valence-corrected chi connectivity index (χ4v) is 1.12. The van der Waals surface area contributed by atoms with Crippen LogP contribution < -0.4 is 11.3 Å². The third kappa shape index (κ3) is 3.26. The van der Waals surface area contributed by atoms with Crippen LogP contribution in [0.15, 0.2) is 20.1 Å². The Bertz CT molecular complexity index is 614. The van der Waals surface area contributed by atoms with Crippen LogP contribution >= 0.6 is 0 Å². The lowest BCUT2D eigenvalue weighted by atomic mass is 10.3. The summed E-state index contributed by atoms with van der Waals surface area (Å²) < 4.78 is 5.65. The Kier molecular flexibility index (Phi) is 6.56. The molecule has 0 aliphatic heterocycles. The van der Waals surface area contributed by atoms with Gasteiger partial charge in [0.1, 0.15) is 5.39 Å². The molecule has 0 aromatic carbocycles. The maximum atomic E-state index is 11.5. The molecule has 18 heavy (non-hydrogen) atoms. The van der Waals surface area contributed by atoms with Gasteiger partial charge in [0.2, 0.25) is 0 Å². The van der Waals surface area contributed by atoms with Crippen molar-refractivity contribution in [2.24, 2.45) is 7.05 Å². The van der Waals surface area contributed by atoms with E-state index in [1.165, 1.54) is 13.1 Å². The molecule has 6 nitrogen and oxygen atoms in total. The molecule has 0 fully saturated rings. The van der Waals surface area contributed by atoms with E-state index in [-0.39, 0.29) is 11.1 Å². The second-order valence-corrected chi connectivity index (χ2v) is 2.94. The molecule has 0 aliphatic rings. The number of fused-ring (bicyclic) bond motifs is 1. The molecule has 2 heterocycles. The van der Waals surface area contributed by atoms with E-state index in [1.807, 2.05) is 27.7 Å². The normalized spacial score (nSPS) is 9.00. The zero-order chi connectivity index (χ0) is 14.3. The molecule has 0 spiro atoms. The summed E-state index contributed by atoms with van der Waals surface area (Å²) in [6.45, 7) is 9.71. The lowest BCUT2D eigenvalue weighted by Crippen LogP contribution is -2.29. The Morgan fingerprint density at radius 2 is 1.67 bits per heavy atom. The van der Waals surface area contributed by atoms with Crippen LogP contribution in [0.5, 0.6) is 0 Å². The molecule has 0 N–H and O–H groups in total. The molecule has 0 atom stereocenters. The van der Waals surface area contributed by atoms with Crippen LogP contribution in [0.1, 0.15) is 33.4 Å². The number of aromatic nitrogens is 3. The maximum absolute atomic E-state index is 11.5. The van der Waals surface area contributed by atoms with E-state index in [0.717, 1.165) is 4.57 Å². The van der Waals surface area contributed by atoms with Crippen molar-refractivity contribution in [3.05, 3.63) is 32.7 Å². The number of hydrogen-bond acceptors (Lipinski definition) is 5. The predicted octanol–water partition coefficient (Wildman–Crippen LogP) is 1.64. The van der Waals surface area contributed by atoms with Gasteiger partial charge in [0.15, 0.2) is 0 Å². The highest BCUT2D eigenvalue weighted by atomic mass is 16.4.